The van der Waals surface area contributed by atoms with E-state index < -0.39 is 60.6 Å². The zero-order valence-corrected chi connectivity index (χ0v) is 16.0. The van der Waals surface area contributed by atoms with E-state index in [-0.39, 0.29) is 6.42 Å². The van der Waals surface area contributed by atoms with E-state index in [1.54, 1.807) is 0 Å². The number of imidazole rings is 1. The Bertz CT molecular complexity index is 707. The van der Waals surface area contributed by atoms with E-state index in [2.05, 4.69) is 25.9 Å². The van der Waals surface area contributed by atoms with Gasteiger partial charge in [0, 0.05) is 18.3 Å². The van der Waals surface area contributed by atoms with Crippen LogP contribution in [-0.4, -0.2) is 85.9 Å². The van der Waals surface area contributed by atoms with Crippen LogP contribution in [0.5, 0.6) is 0 Å². The van der Waals surface area contributed by atoms with Gasteiger partial charge in [-0.2, -0.15) is 0 Å². The van der Waals surface area contributed by atoms with Gasteiger partial charge in [-0.25, -0.2) is 9.78 Å². The third-order valence-electron chi connectivity index (χ3n) is 3.92. The lowest BCUT2D eigenvalue weighted by molar-refractivity contribution is -0.141. The molecule has 5 atom stereocenters. The number of aromatic nitrogens is 2. The van der Waals surface area contributed by atoms with Crippen LogP contribution in [-0.2, 0) is 25.6 Å². The number of carboxylic acids is 1. The van der Waals surface area contributed by atoms with Gasteiger partial charge in [0.25, 0.3) is 0 Å². The molecule has 0 aliphatic carbocycles. The SMILES string of the molecule is CC(O)C(N)C(=O)NC(C(=O)NCC(=O)NC(Cc1cnc[nH]1)C(=O)O)C(C)O. The third kappa shape index (κ3) is 7.85. The van der Waals surface area contributed by atoms with E-state index >= 15 is 0 Å². The number of hydrogen-bond donors (Lipinski definition) is 8. The van der Waals surface area contributed by atoms with E-state index in [4.69, 9.17) is 5.73 Å². The Morgan fingerprint density at radius 1 is 1.14 bits per heavy atom. The van der Waals surface area contributed by atoms with E-state index in [1.807, 2.05) is 0 Å². The molecule has 1 aromatic heterocycles. The molecule has 1 rings (SSSR count). The Balaban J connectivity index is 2.61. The Morgan fingerprint density at radius 2 is 1.79 bits per heavy atom. The number of nitrogens with two attached hydrogens (primary N) is 1. The monoisotopic (exact) mass is 414 g/mol. The van der Waals surface area contributed by atoms with Crippen LogP contribution in [0.15, 0.2) is 12.5 Å². The molecule has 0 bridgehead atoms. The zero-order valence-electron chi connectivity index (χ0n) is 16.0. The summed E-state index contributed by atoms with van der Waals surface area (Å²) in [6.07, 6.45) is 0.234. The summed E-state index contributed by atoms with van der Waals surface area (Å²) in [5.41, 5.74) is 5.96. The van der Waals surface area contributed by atoms with Crippen LogP contribution < -0.4 is 21.7 Å². The number of aliphatic carboxylic acids is 1. The summed E-state index contributed by atoms with van der Waals surface area (Å²) in [5.74, 6) is -3.82. The van der Waals surface area contributed by atoms with Crippen molar-refractivity contribution in [2.75, 3.05) is 6.54 Å². The molecular formula is C16H26N6O7. The molecule has 3 amide bonds. The number of rotatable bonds is 11. The maximum absolute atomic E-state index is 12.2. The number of nitrogens with zero attached hydrogens (tertiary/aromatic N) is 1. The Labute approximate surface area is 166 Å². The van der Waals surface area contributed by atoms with Crippen molar-refractivity contribution in [3.8, 4) is 0 Å². The highest BCUT2D eigenvalue weighted by molar-refractivity contribution is 5.93. The van der Waals surface area contributed by atoms with E-state index in [1.165, 1.54) is 26.4 Å². The first-order valence-corrected chi connectivity index (χ1v) is 8.72. The minimum Gasteiger partial charge on any atom is -0.480 e. The predicted octanol–water partition coefficient (Wildman–Crippen LogP) is -3.79. The van der Waals surface area contributed by atoms with Gasteiger partial charge < -0.3 is 42.0 Å². The molecule has 29 heavy (non-hydrogen) atoms. The Morgan fingerprint density at radius 3 is 2.28 bits per heavy atom. The van der Waals surface area contributed by atoms with Crippen LogP contribution in [0.1, 0.15) is 19.5 Å². The smallest absolute Gasteiger partial charge is 0.326 e. The number of hydrogen-bond acceptors (Lipinski definition) is 8. The van der Waals surface area contributed by atoms with E-state index in [9.17, 15) is 34.5 Å². The van der Waals surface area contributed by atoms with Crippen LogP contribution in [0.3, 0.4) is 0 Å². The fourth-order valence-corrected chi connectivity index (χ4v) is 2.21. The molecule has 13 heteroatoms. The Hall–Kier alpha value is -3.03. The Kier molecular flexibility index (Phi) is 9.18. The lowest BCUT2D eigenvalue weighted by Gasteiger charge is -2.23. The highest BCUT2D eigenvalue weighted by Crippen LogP contribution is 1.99. The van der Waals surface area contributed by atoms with Crippen molar-refractivity contribution in [2.24, 2.45) is 5.73 Å². The van der Waals surface area contributed by atoms with Crippen molar-refractivity contribution >= 4 is 23.7 Å². The van der Waals surface area contributed by atoms with Crippen LogP contribution in [0, 0.1) is 0 Å². The molecule has 1 heterocycles. The number of carbonyl (C=O) groups is 4. The van der Waals surface area contributed by atoms with Crippen LogP contribution in [0.25, 0.3) is 0 Å². The standard InChI is InChI=1S/C16H26N6O7/c1-7(23)12(17)14(26)22-13(8(2)24)15(27)19-5-11(25)21-10(16(28)29)3-9-4-18-6-20-9/h4,6-8,10,12-13,23-24H,3,5,17H2,1-2H3,(H,18,20)(H,19,27)(H,21,25)(H,22,26)(H,28,29). The van der Waals surface area contributed by atoms with Crippen molar-refractivity contribution < 1.29 is 34.5 Å². The van der Waals surface area contributed by atoms with Crippen molar-refractivity contribution in [2.45, 2.75) is 50.6 Å². The number of carbonyl (C=O) groups excluding carboxylic acids is 3. The average Bonchev–Trinajstić information content (AvgIpc) is 3.15. The molecule has 9 N–H and O–H groups in total. The van der Waals surface area contributed by atoms with Gasteiger partial charge in [0.2, 0.25) is 17.7 Å². The second-order valence-electron chi connectivity index (χ2n) is 6.45. The zero-order chi connectivity index (χ0) is 22.1. The van der Waals surface area contributed by atoms with Gasteiger partial charge in [0.1, 0.15) is 18.1 Å². The van der Waals surface area contributed by atoms with Crippen molar-refractivity contribution in [1.82, 2.24) is 25.9 Å². The highest BCUT2D eigenvalue weighted by Gasteiger charge is 2.29. The largest absolute Gasteiger partial charge is 0.480 e. The number of aliphatic hydroxyl groups excluding tert-OH is 2. The van der Waals surface area contributed by atoms with Crippen molar-refractivity contribution in [3.05, 3.63) is 18.2 Å². The number of aliphatic hydroxyl groups is 2. The molecule has 0 saturated carbocycles. The van der Waals surface area contributed by atoms with Gasteiger partial charge in [-0.3, -0.25) is 14.4 Å². The molecule has 0 saturated heterocycles. The minimum absolute atomic E-state index is 0.0430. The van der Waals surface area contributed by atoms with Crippen LogP contribution >= 0.6 is 0 Å². The summed E-state index contributed by atoms with van der Waals surface area (Å²) in [6.45, 7) is 1.94. The third-order valence-corrected chi connectivity index (χ3v) is 3.92. The number of H-pyrrole nitrogens is 1. The van der Waals surface area contributed by atoms with Gasteiger partial charge in [-0.15, -0.1) is 0 Å². The summed E-state index contributed by atoms with van der Waals surface area (Å²) in [6, 6.07) is -4.00. The number of aromatic amines is 1. The minimum atomic E-state index is -1.43. The normalized spacial score (nSPS) is 16.0. The average molecular weight is 414 g/mol. The quantitative estimate of drug-likeness (QED) is 0.178. The van der Waals surface area contributed by atoms with Gasteiger partial charge in [-0.05, 0) is 13.8 Å². The number of nitrogens with one attached hydrogen (secondary N) is 4. The second-order valence-corrected chi connectivity index (χ2v) is 6.45. The predicted molar refractivity (Wildman–Crippen MR) is 98.1 cm³/mol. The molecular weight excluding hydrogens is 388 g/mol. The van der Waals surface area contributed by atoms with Gasteiger partial charge >= 0.3 is 5.97 Å². The van der Waals surface area contributed by atoms with Crippen molar-refractivity contribution in [3.63, 3.8) is 0 Å². The maximum Gasteiger partial charge on any atom is 0.326 e. The van der Waals surface area contributed by atoms with Gasteiger partial charge in [0.15, 0.2) is 0 Å². The lowest BCUT2D eigenvalue weighted by Crippen LogP contribution is -2.58. The number of carboxylic acid groups (broad SMARTS) is 1. The fraction of sp³-hybridized carbons (Fsp3) is 0.562. The summed E-state index contributed by atoms with van der Waals surface area (Å²) >= 11 is 0. The molecule has 0 radical (unpaired) electrons. The molecule has 5 unspecified atom stereocenters. The van der Waals surface area contributed by atoms with Crippen LogP contribution in [0.2, 0.25) is 0 Å². The van der Waals surface area contributed by atoms with Crippen LogP contribution in [0.4, 0.5) is 0 Å². The molecule has 162 valence electrons. The molecule has 0 aliphatic rings. The summed E-state index contributed by atoms with van der Waals surface area (Å²) in [4.78, 5) is 53.8. The molecule has 0 fully saturated rings. The van der Waals surface area contributed by atoms with Gasteiger partial charge in [-0.1, -0.05) is 0 Å². The van der Waals surface area contributed by atoms with Gasteiger partial charge in [0.05, 0.1) is 25.1 Å². The highest BCUT2D eigenvalue weighted by atomic mass is 16.4. The molecule has 0 spiro atoms. The van der Waals surface area contributed by atoms with E-state index in [0.29, 0.717) is 5.69 Å². The van der Waals surface area contributed by atoms with Crippen molar-refractivity contribution in [1.29, 1.82) is 0 Å². The molecule has 0 aliphatic heterocycles. The van der Waals surface area contributed by atoms with E-state index in [0.717, 1.165) is 0 Å². The molecule has 0 aromatic carbocycles. The molecule has 1 aromatic rings. The first kappa shape index (κ1) is 24.0. The topological polar surface area (TPSA) is 220 Å². The summed E-state index contributed by atoms with van der Waals surface area (Å²) in [5, 5.41) is 34.9. The fourth-order valence-electron chi connectivity index (χ4n) is 2.21. The maximum atomic E-state index is 12.2. The molecule has 13 nitrogen and oxygen atoms in total. The summed E-state index contributed by atoms with van der Waals surface area (Å²) in [7, 11) is 0. The second kappa shape index (κ2) is 11.1. The first-order chi connectivity index (χ1) is 13.5. The first-order valence-electron chi connectivity index (χ1n) is 8.72. The number of amides is 3. The lowest BCUT2D eigenvalue weighted by atomic mass is 10.1. The summed E-state index contributed by atoms with van der Waals surface area (Å²) < 4.78 is 0.